The first-order valence-corrected chi connectivity index (χ1v) is 7.08. The summed E-state index contributed by atoms with van der Waals surface area (Å²) in [6, 6.07) is 1.97. The molecular weight excluding hydrogens is 270 g/mol. The summed E-state index contributed by atoms with van der Waals surface area (Å²) in [5.41, 5.74) is 0. The predicted octanol–water partition coefficient (Wildman–Crippen LogP) is 1.08. The first kappa shape index (κ1) is 13.7. The van der Waals surface area contributed by atoms with Crippen molar-refractivity contribution in [3.8, 4) is 5.95 Å². The van der Waals surface area contributed by atoms with Crippen LogP contribution in [0.3, 0.4) is 0 Å². The van der Waals surface area contributed by atoms with Crippen molar-refractivity contribution in [3.63, 3.8) is 0 Å². The van der Waals surface area contributed by atoms with E-state index in [0.29, 0.717) is 17.8 Å². The van der Waals surface area contributed by atoms with Gasteiger partial charge in [-0.3, -0.25) is 0 Å². The maximum absolute atomic E-state index is 5.68. The van der Waals surface area contributed by atoms with Gasteiger partial charge in [0, 0.05) is 26.0 Å². The summed E-state index contributed by atoms with van der Waals surface area (Å²) in [5.74, 6) is 1.49. The van der Waals surface area contributed by atoms with Gasteiger partial charge in [0.2, 0.25) is 11.9 Å². The van der Waals surface area contributed by atoms with Gasteiger partial charge in [-0.1, -0.05) is 0 Å². The van der Waals surface area contributed by atoms with E-state index in [-0.39, 0.29) is 12.1 Å². The second-order valence-corrected chi connectivity index (χ2v) is 4.97. The van der Waals surface area contributed by atoms with Crippen molar-refractivity contribution in [2.75, 3.05) is 24.3 Å². The Kier molecular flexibility index (Phi) is 3.96. The van der Waals surface area contributed by atoms with Crippen molar-refractivity contribution in [1.82, 2.24) is 24.7 Å². The molecule has 3 rings (SSSR count). The lowest BCUT2D eigenvalue weighted by atomic mass is 10.1. The van der Waals surface area contributed by atoms with Crippen molar-refractivity contribution >= 4 is 11.9 Å². The SMILES string of the molecule is CNc1nc(NC(C)C2CCCO2)nc(-n2cccn2)n1. The average Bonchev–Trinajstić information content (AvgIpc) is 3.19. The van der Waals surface area contributed by atoms with Crippen LogP contribution in [0.4, 0.5) is 11.9 Å². The number of anilines is 2. The van der Waals surface area contributed by atoms with Gasteiger partial charge >= 0.3 is 0 Å². The number of nitrogens with zero attached hydrogens (tertiary/aromatic N) is 5. The molecular formula is C13H19N7O. The maximum atomic E-state index is 5.68. The molecule has 2 atom stereocenters. The third kappa shape index (κ3) is 3.10. The molecule has 1 aliphatic rings. The molecule has 0 aliphatic carbocycles. The van der Waals surface area contributed by atoms with Gasteiger partial charge < -0.3 is 15.4 Å². The molecule has 2 unspecified atom stereocenters. The fraction of sp³-hybridized carbons (Fsp3) is 0.538. The summed E-state index contributed by atoms with van der Waals surface area (Å²) < 4.78 is 7.28. The first-order chi connectivity index (χ1) is 10.3. The minimum atomic E-state index is 0.144. The summed E-state index contributed by atoms with van der Waals surface area (Å²) in [6.45, 7) is 2.90. The van der Waals surface area contributed by atoms with Crippen LogP contribution in [0.2, 0.25) is 0 Å². The molecule has 1 aliphatic heterocycles. The fourth-order valence-electron chi connectivity index (χ4n) is 2.32. The Bertz CT molecular complexity index is 580. The molecule has 2 N–H and O–H groups in total. The summed E-state index contributed by atoms with van der Waals surface area (Å²) in [6.07, 6.45) is 5.85. The highest BCUT2D eigenvalue weighted by molar-refractivity contribution is 5.38. The van der Waals surface area contributed by atoms with Gasteiger partial charge in [0.15, 0.2) is 0 Å². The van der Waals surface area contributed by atoms with E-state index in [1.54, 1.807) is 24.1 Å². The van der Waals surface area contributed by atoms with Crippen molar-refractivity contribution < 1.29 is 4.74 Å². The van der Waals surface area contributed by atoms with Crippen molar-refractivity contribution in [2.45, 2.75) is 31.9 Å². The average molecular weight is 289 g/mol. The minimum Gasteiger partial charge on any atom is -0.376 e. The Balaban J connectivity index is 1.82. The van der Waals surface area contributed by atoms with Crippen molar-refractivity contribution in [1.29, 1.82) is 0 Å². The molecule has 8 heteroatoms. The summed E-state index contributed by atoms with van der Waals surface area (Å²) in [5, 5.41) is 10.4. The van der Waals surface area contributed by atoms with Crippen LogP contribution in [0.5, 0.6) is 0 Å². The minimum absolute atomic E-state index is 0.144. The lowest BCUT2D eigenvalue weighted by Crippen LogP contribution is -2.31. The van der Waals surface area contributed by atoms with Gasteiger partial charge in [0.25, 0.3) is 5.95 Å². The zero-order valence-corrected chi connectivity index (χ0v) is 12.2. The van der Waals surface area contributed by atoms with Crippen LogP contribution >= 0.6 is 0 Å². The molecule has 2 aromatic heterocycles. The molecule has 0 saturated carbocycles. The van der Waals surface area contributed by atoms with E-state index in [9.17, 15) is 0 Å². The Labute approximate surface area is 123 Å². The van der Waals surface area contributed by atoms with Crippen LogP contribution in [0.1, 0.15) is 19.8 Å². The smallest absolute Gasteiger partial charge is 0.257 e. The zero-order valence-electron chi connectivity index (χ0n) is 12.2. The molecule has 0 spiro atoms. The van der Waals surface area contributed by atoms with Crippen LogP contribution in [0.25, 0.3) is 5.95 Å². The highest BCUT2D eigenvalue weighted by atomic mass is 16.5. The summed E-state index contributed by atoms with van der Waals surface area (Å²) >= 11 is 0. The van der Waals surface area contributed by atoms with Crippen molar-refractivity contribution in [3.05, 3.63) is 18.5 Å². The van der Waals surface area contributed by atoms with E-state index in [2.05, 4.69) is 37.6 Å². The number of rotatable bonds is 5. The standard InChI is InChI=1S/C13H19N7O/c1-9(10-5-3-8-21-10)16-12-17-11(14-2)18-13(19-12)20-7-4-6-15-20/h4,6-7,9-10H,3,5,8H2,1-2H3,(H2,14,16,17,18,19). The van der Waals surface area contributed by atoms with Gasteiger partial charge in [-0.2, -0.15) is 20.1 Å². The highest BCUT2D eigenvalue weighted by Gasteiger charge is 2.23. The molecule has 0 aromatic carbocycles. The molecule has 21 heavy (non-hydrogen) atoms. The highest BCUT2D eigenvalue weighted by Crippen LogP contribution is 2.18. The van der Waals surface area contributed by atoms with Crippen molar-refractivity contribution in [2.24, 2.45) is 0 Å². The van der Waals surface area contributed by atoms with E-state index < -0.39 is 0 Å². The second-order valence-electron chi connectivity index (χ2n) is 4.97. The van der Waals surface area contributed by atoms with Gasteiger partial charge in [-0.05, 0) is 25.8 Å². The molecule has 1 fully saturated rings. The molecule has 8 nitrogen and oxygen atoms in total. The second kappa shape index (κ2) is 6.04. The van der Waals surface area contributed by atoms with Crippen LogP contribution in [0.15, 0.2) is 18.5 Å². The van der Waals surface area contributed by atoms with E-state index >= 15 is 0 Å². The Morgan fingerprint density at radius 1 is 1.33 bits per heavy atom. The Morgan fingerprint density at radius 2 is 2.19 bits per heavy atom. The number of nitrogens with one attached hydrogen (secondary N) is 2. The van der Waals surface area contributed by atoms with E-state index in [1.807, 2.05) is 6.07 Å². The lowest BCUT2D eigenvalue weighted by Gasteiger charge is -2.20. The maximum Gasteiger partial charge on any atom is 0.257 e. The molecule has 0 radical (unpaired) electrons. The van der Waals surface area contributed by atoms with Gasteiger partial charge in [0.1, 0.15) is 0 Å². The Morgan fingerprint density at radius 3 is 2.86 bits per heavy atom. The number of aromatic nitrogens is 5. The van der Waals surface area contributed by atoms with Gasteiger partial charge in [-0.15, -0.1) is 0 Å². The number of hydrogen-bond donors (Lipinski definition) is 2. The monoisotopic (exact) mass is 289 g/mol. The third-order valence-corrected chi connectivity index (χ3v) is 3.44. The first-order valence-electron chi connectivity index (χ1n) is 7.08. The Hall–Kier alpha value is -2.22. The van der Waals surface area contributed by atoms with Crippen LogP contribution in [0, 0.1) is 0 Å². The molecule has 0 amide bonds. The van der Waals surface area contributed by atoms with E-state index in [0.717, 1.165) is 19.4 Å². The summed E-state index contributed by atoms with van der Waals surface area (Å²) in [7, 11) is 1.77. The third-order valence-electron chi connectivity index (χ3n) is 3.44. The largest absolute Gasteiger partial charge is 0.376 e. The topological polar surface area (TPSA) is 89.8 Å². The lowest BCUT2D eigenvalue weighted by molar-refractivity contribution is 0.0994. The van der Waals surface area contributed by atoms with E-state index in [1.165, 1.54) is 0 Å². The predicted molar refractivity (Wildman–Crippen MR) is 78.6 cm³/mol. The molecule has 1 saturated heterocycles. The van der Waals surface area contributed by atoms with Gasteiger partial charge in [-0.25, -0.2) is 4.68 Å². The molecule has 112 valence electrons. The fourth-order valence-corrected chi connectivity index (χ4v) is 2.32. The molecule has 2 aromatic rings. The van der Waals surface area contributed by atoms with Crippen LogP contribution in [-0.4, -0.2) is 50.5 Å². The van der Waals surface area contributed by atoms with E-state index in [4.69, 9.17) is 4.74 Å². The molecule has 0 bridgehead atoms. The van der Waals surface area contributed by atoms with Crippen LogP contribution < -0.4 is 10.6 Å². The number of hydrogen-bond acceptors (Lipinski definition) is 7. The quantitative estimate of drug-likeness (QED) is 0.851. The van der Waals surface area contributed by atoms with Crippen LogP contribution in [-0.2, 0) is 4.74 Å². The summed E-state index contributed by atoms with van der Waals surface area (Å²) in [4.78, 5) is 13.0. The van der Waals surface area contributed by atoms with Gasteiger partial charge in [0.05, 0.1) is 12.1 Å². The zero-order chi connectivity index (χ0) is 14.7. The number of ether oxygens (including phenoxy) is 1. The molecule has 3 heterocycles. The normalized spacial score (nSPS) is 19.4.